The van der Waals surface area contributed by atoms with Crippen LogP contribution in [-0.2, 0) is 15.3 Å². The summed E-state index contributed by atoms with van der Waals surface area (Å²) in [6.07, 6.45) is 2.64. The number of Topliss-reactive ketones (excluding diaryl/α,β-unsaturated/α-hetero) is 1. The minimum Gasteiger partial charge on any atom is -0.505 e. The maximum atomic E-state index is 13.8. The van der Waals surface area contributed by atoms with Crippen molar-refractivity contribution in [2.75, 3.05) is 11.5 Å². The second-order valence-electron chi connectivity index (χ2n) is 10.4. The van der Waals surface area contributed by atoms with Crippen molar-refractivity contribution in [1.29, 1.82) is 0 Å². The smallest absolute Gasteiger partial charge is 0.301 e. The maximum Gasteiger partial charge on any atom is 0.301 e. The number of halogens is 2. The van der Waals surface area contributed by atoms with Crippen LogP contribution in [0.5, 0.6) is 5.75 Å². The van der Waals surface area contributed by atoms with Gasteiger partial charge in [0.15, 0.2) is 10.1 Å². The van der Waals surface area contributed by atoms with Crippen LogP contribution in [0.4, 0.5) is 5.13 Å². The average Bonchev–Trinajstić information content (AvgIpc) is 3.70. The van der Waals surface area contributed by atoms with E-state index in [1.165, 1.54) is 28.0 Å². The highest BCUT2D eigenvalue weighted by atomic mass is 35.5. The fourth-order valence-electron chi connectivity index (χ4n) is 5.15. The van der Waals surface area contributed by atoms with E-state index in [0.29, 0.717) is 49.4 Å². The monoisotopic (exact) mass is 679 g/mol. The zero-order chi connectivity index (χ0) is 31.8. The van der Waals surface area contributed by atoms with Crippen LogP contribution in [0, 0.1) is 13.8 Å². The highest BCUT2D eigenvalue weighted by molar-refractivity contribution is 8.00. The van der Waals surface area contributed by atoms with Crippen molar-refractivity contribution < 1.29 is 19.4 Å². The molecule has 0 bridgehead atoms. The van der Waals surface area contributed by atoms with Gasteiger partial charge in [-0.3, -0.25) is 14.5 Å². The molecule has 230 valence electrons. The molecule has 1 saturated heterocycles. The van der Waals surface area contributed by atoms with E-state index in [0.717, 1.165) is 17.5 Å². The normalized spacial score (nSPS) is 16.2. The summed E-state index contributed by atoms with van der Waals surface area (Å²) in [7, 11) is 0. The van der Waals surface area contributed by atoms with Gasteiger partial charge in [0.1, 0.15) is 17.1 Å². The molecule has 1 amide bonds. The summed E-state index contributed by atoms with van der Waals surface area (Å²) in [4.78, 5) is 33.5. The molecule has 5 aromatic rings. The van der Waals surface area contributed by atoms with Gasteiger partial charge >= 0.3 is 5.91 Å². The lowest BCUT2D eigenvalue weighted by atomic mass is 9.96. The first kappa shape index (κ1) is 31.1. The number of aliphatic hydroxyl groups is 1. The molecule has 1 atom stereocenters. The number of aryl methyl sites for hydroxylation is 2. The third kappa shape index (κ3) is 5.93. The molecule has 0 saturated carbocycles. The van der Waals surface area contributed by atoms with Crippen LogP contribution in [-0.4, -0.2) is 43.0 Å². The lowest BCUT2D eigenvalue weighted by Crippen LogP contribution is -2.29. The second kappa shape index (κ2) is 12.8. The van der Waals surface area contributed by atoms with E-state index in [1.54, 1.807) is 37.3 Å². The predicted octanol–water partition coefficient (Wildman–Crippen LogP) is 7.82. The summed E-state index contributed by atoms with van der Waals surface area (Å²) in [6, 6.07) is 15.2. The third-order valence-corrected chi connectivity index (χ3v) is 10.1. The molecule has 0 spiro atoms. The number of hydrogen-bond acceptors (Lipinski definition) is 9. The highest BCUT2D eigenvalue weighted by Gasteiger charge is 2.49. The van der Waals surface area contributed by atoms with Gasteiger partial charge in [0.25, 0.3) is 5.78 Å². The number of thioether (sulfide) groups is 1. The molecule has 3 aromatic heterocycles. The van der Waals surface area contributed by atoms with E-state index < -0.39 is 17.7 Å². The van der Waals surface area contributed by atoms with E-state index >= 15 is 0 Å². The zero-order valence-electron chi connectivity index (χ0n) is 24.5. The van der Waals surface area contributed by atoms with Crippen molar-refractivity contribution in [3.8, 4) is 5.75 Å². The van der Waals surface area contributed by atoms with Crippen LogP contribution < -0.4 is 9.64 Å². The molecule has 0 radical (unpaired) electrons. The van der Waals surface area contributed by atoms with Crippen molar-refractivity contribution in [2.45, 2.75) is 43.3 Å². The largest absolute Gasteiger partial charge is 0.505 e. The molecule has 1 N–H and O–H groups in total. The van der Waals surface area contributed by atoms with Gasteiger partial charge in [-0.15, -0.1) is 10.2 Å². The summed E-state index contributed by atoms with van der Waals surface area (Å²) >= 11 is 14.9. The van der Waals surface area contributed by atoms with Crippen molar-refractivity contribution in [2.24, 2.45) is 0 Å². The molecule has 1 fully saturated rings. The topological polar surface area (TPSA) is 110 Å². The van der Waals surface area contributed by atoms with Crippen LogP contribution in [0.1, 0.15) is 47.5 Å². The number of carbonyl (C=O) groups is 2. The molecule has 13 heteroatoms. The summed E-state index contributed by atoms with van der Waals surface area (Å²) < 4.78 is 8.28. The van der Waals surface area contributed by atoms with Gasteiger partial charge in [-0.1, -0.05) is 77.5 Å². The molecule has 1 aliphatic rings. The lowest BCUT2D eigenvalue weighted by Gasteiger charge is -2.23. The molecule has 4 heterocycles. The number of aromatic nitrogens is 4. The Morgan fingerprint density at radius 1 is 1.09 bits per heavy atom. The Morgan fingerprint density at radius 2 is 1.91 bits per heavy atom. The maximum absolute atomic E-state index is 13.8. The first-order valence-electron chi connectivity index (χ1n) is 14.1. The molecule has 1 unspecified atom stereocenters. The van der Waals surface area contributed by atoms with Crippen LogP contribution >= 0.6 is 46.3 Å². The second-order valence-corrected chi connectivity index (χ2v) is 13.4. The van der Waals surface area contributed by atoms with E-state index in [4.69, 9.17) is 27.9 Å². The average molecular weight is 681 g/mol. The van der Waals surface area contributed by atoms with Gasteiger partial charge in [0.05, 0.1) is 23.9 Å². The lowest BCUT2D eigenvalue weighted by molar-refractivity contribution is -0.132. The Morgan fingerprint density at radius 3 is 2.67 bits per heavy atom. The number of ether oxygens (including phenoxy) is 1. The number of anilines is 1. The number of rotatable bonds is 9. The number of carbonyl (C=O) groups excluding carboxylic acids is 2. The molecule has 1 aliphatic heterocycles. The van der Waals surface area contributed by atoms with E-state index in [9.17, 15) is 14.7 Å². The van der Waals surface area contributed by atoms with Gasteiger partial charge < -0.3 is 14.2 Å². The van der Waals surface area contributed by atoms with Crippen molar-refractivity contribution in [3.63, 3.8) is 0 Å². The van der Waals surface area contributed by atoms with Crippen molar-refractivity contribution in [3.05, 3.63) is 104 Å². The molecule has 0 aliphatic carbocycles. The van der Waals surface area contributed by atoms with Crippen LogP contribution in [0.3, 0.4) is 0 Å². The number of aliphatic hydroxyl groups excluding tert-OH is 1. The Kier molecular flexibility index (Phi) is 8.87. The minimum absolute atomic E-state index is 0.0888. The Balaban J connectivity index is 1.43. The Labute approximate surface area is 277 Å². The Hall–Kier alpha value is -3.90. The zero-order valence-corrected chi connectivity index (χ0v) is 27.6. The van der Waals surface area contributed by atoms with Crippen LogP contribution in [0.25, 0.3) is 11.4 Å². The number of nitrogens with zero attached hydrogens (tertiary/aromatic N) is 5. The summed E-state index contributed by atoms with van der Waals surface area (Å²) in [6.45, 7) is 6.22. The predicted molar refractivity (Wildman–Crippen MR) is 178 cm³/mol. The van der Waals surface area contributed by atoms with Crippen molar-refractivity contribution >= 4 is 74.5 Å². The fraction of sp³-hybridized carbons (Fsp3) is 0.219. The van der Waals surface area contributed by atoms with Gasteiger partial charge in [0.2, 0.25) is 5.13 Å². The van der Waals surface area contributed by atoms with Gasteiger partial charge in [-0.25, -0.2) is 4.98 Å². The number of benzene rings is 2. The van der Waals surface area contributed by atoms with Gasteiger partial charge in [-0.05, 0) is 67.3 Å². The molecular formula is C32H27Cl2N5O4S2. The van der Waals surface area contributed by atoms with E-state index in [1.807, 2.05) is 48.7 Å². The summed E-state index contributed by atoms with van der Waals surface area (Å²) in [5.41, 5.74) is 3.74. The van der Waals surface area contributed by atoms with Gasteiger partial charge in [-0.2, -0.15) is 0 Å². The van der Waals surface area contributed by atoms with Crippen LogP contribution in [0.2, 0.25) is 10.0 Å². The summed E-state index contributed by atoms with van der Waals surface area (Å²) in [5.74, 6) is -0.961. The first-order valence-corrected chi connectivity index (χ1v) is 16.6. The SMILES string of the molecule is CCCOc1cccc(C2C(=C(O)c3nc4c(C)cccn4c3C)C(=O)C(=O)N2c2nnc(SCc3ccc(Cl)cc3Cl)s2)c1. The number of ketones is 1. The van der Waals surface area contributed by atoms with E-state index in [2.05, 4.69) is 15.2 Å². The minimum atomic E-state index is -1.00. The molecule has 9 nitrogen and oxygen atoms in total. The van der Waals surface area contributed by atoms with Gasteiger partial charge in [0, 0.05) is 22.0 Å². The molecular weight excluding hydrogens is 653 g/mol. The summed E-state index contributed by atoms with van der Waals surface area (Å²) in [5, 5.41) is 21.6. The number of fused-ring (bicyclic) bond motifs is 1. The number of amides is 1. The quantitative estimate of drug-likeness (QED) is 0.0552. The van der Waals surface area contributed by atoms with Crippen LogP contribution in [0.15, 0.2) is 70.7 Å². The van der Waals surface area contributed by atoms with E-state index in [-0.39, 0.29) is 22.2 Å². The van der Waals surface area contributed by atoms with Crippen molar-refractivity contribution in [1.82, 2.24) is 19.6 Å². The molecule has 6 rings (SSSR count). The number of pyridine rings is 1. The Bertz CT molecular complexity index is 1990. The molecule has 45 heavy (non-hydrogen) atoms. The first-order chi connectivity index (χ1) is 21.7. The number of imidazole rings is 1. The number of hydrogen-bond donors (Lipinski definition) is 1. The highest BCUT2D eigenvalue weighted by Crippen LogP contribution is 2.45. The molecule has 2 aromatic carbocycles. The fourth-order valence-corrected chi connectivity index (χ4v) is 7.58. The standard InChI is InChI=1S/C32H27Cl2N5O4S2/c1-4-13-43-22-9-5-8-19(14-22)26-24(27(40)25-18(3)38-12-6-7-17(2)29(38)35-25)28(41)30(42)39(26)31-36-37-32(45-31)44-16-20-10-11-21(33)15-23(20)34/h5-12,14-15,26,40H,4,13,16H2,1-3H3. The third-order valence-electron chi connectivity index (χ3n) is 7.37.